The summed E-state index contributed by atoms with van der Waals surface area (Å²) in [5, 5.41) is 8.29. The fourth-order valence-corrected chi connectivity index (χ4v) is 2.25. The zero-order valence-electron chi connectivity index (χ0n) is 11.8. The van der Waals surface area contributed by atoms with Crippen LogP contribution in [0.4, 0.5) is 0 Å². The second-order valence-electron chi connectivity index (χ2n) is 4.29. The summed E-state index contributed by atoms with van der Waals surface area (Å²) < 4.78 is 13.7. The molecule has 0 bridgehead atoms. The van der Waals surface area contributed by atoms with E-state index in [9.17, 15) is 0 Å². The Morgan fingerprint density at radius 1 is 1.25 bits per heavy atom. The van der Waals surface area contributed by atoms with Crippen LogP contribution >= 0.6 is 15.9 Å². The van der Waals surface area contributed by atoms with Crippen molar-refractivity contribution in [1.82, 2.24) is 15.0 Å². The third-order valence-electron chi connectivity index (χ3n) is 2.74. The van der Waals surface area contributed by atoms with E-state index < -0.39 is 6.29 Å². The van der Waals surface area contributed by atoms with Gasteiger partial charge in [0, 0.05) is 17.7 Å². The lowest BCUT2D eigenvalue weighted by atomic mass is 10.2. The Labute approximate surface area is 127 Å². The zero-order valence-corrected chi connectivity index (χ0v) is 13.4. The monoisotopic (exact) mass is 339 g/mol. The minimum Gasteiger partial charge on any atom is -0.347 e. The Morgan fingerprint density at radius 2 is 1.95 bits per heavy atom. The van der Waals surface area contributed by atoms with Crippen molar-refractivity contribution >= 4 is 15.9 Å². The largest absolute Gasteiger partial charge is 0.347 e. The minimum absolute atomic E-state index is 0.470. The van der Waals surface area contributed by atoms with Gasteiger partial charge in [0.05, 0.1) is 11.9 Å². The molecule has 0 aliphatic rings. The van der Waals surface area contributed by atoms with Crippen LogP contribution in [0.25, 0.3) is 5.69 Å². The molecule has 1 heterocycles. The molecule has 6 heteroatoms. The van der Waals surface area contributed by atoms with Gasteiger partial charge in [-0.3, -0.25) is 0 Å². The average molecular weight is 340 g/mol. The molecule has 0 spiro atoms. The highest BCUT2D eigenvalue weighted by molar-refractivity contribution is 9.10. The van der Waals surface area contributed by atoms with E-state index in [4.69, 9.17) is 9.47 Å². The van der Waals surface area contributed by atoms with Gasteiger partial charge in [0.25, 0.3) is 0 Å². The summed E-state index contributed by atoms with van der Waals surface area (Å²) in [4.78, 5) is 0. The van der Waals surface area contributed by atoms with Gasteiger partial charge in [0.1, 0.15) is 5.69 Å². The molecule has 108 valence electrons. The molecule has 0 amide bonds. The van der Waals surface area contributed by atoms with Crippen LogP contribution in [-0.2, 0) is 9.47 Å². The lowest BCUT2D eigenvalue weighted by Gasteiger charge is -2.13. The first-order valence-corrected chi connectivity index (χ1v) is 7.37. The van der Waals surface area contributed by atoms with E-state index in [0.717, 1.165) is 15.7 Å². The molecule has 0 radical (unpaired) electrons. The smallest absolute Gasteiger partial charge is 0.204 e. The Bertz CT molecular complexity index is 565. The number of aromatic nitrogens is 3. The van der Waals surface area contributed by atoms with Gasteiger partial charge in [-0.25, -0.2) is 4.68 Å². The molecule has 0 saturated carbocycles. The Balaban J connectivity index is 2.29. The molecule has 1 aromatic heterocycles. The van der Waals surface area contributed by atoms with Crippen molar-refractivity contribution in [2.75, 3.05) is 13.2 Å². The van der Waals surface area contributed by atoms with E-state index in [1.54, 1.807) is 4.68 Å². The van der Waals surface area contributed by atoms with Gasteiger partial charge < -0.3 is 9.47 Å². The summed E-state index contributed by atoms with van der Waals surface area (Å²) >= 11 is 3.52. The van der Waals surface area contributed by atoms with Crippen LogP contribution in [0.15, 0.2) is 28.9 Å². The first-order valence-electron chi connectivity index (χ1n) is 6.57. The fourth-order valence-electron chi connectivity index (χ4n) is 1.82. The van der Waals surface area contributed by atoms with E-state index in [-0.39, 0.29) is 0 Å². The van der Waals surface area contributed by atoms with Crippen molar-refractivity contribution in [3.63, 3.8) is 0 Å². The molecule has 0 unspecified atom stereocenters. The maximum atomic E-state index is 5.52. The highest BCUT2D eigenvalue weighted by Gasteiger charge is 2.16. The third-order valence-corrected chi connectivity index (χ3v) is 3.41. The van der Waals surface area contributed by atoms with Gasteiger partial charge in [0.15, 0.2) is 0 Å². The SMILES string of the molecule is CCOC(OCC)c1cn(-c2cc(C)ccc2Br)nn1. The van der Waals surface area contributed by atoms with Gasteiger partial charge in [-0.05, 0) is 54.4 Å². The molecule has 0 fully saturated rings. The molecule has 0 atom stereocenters. The minimum atomic E-state index is -0.470. The molecular weight excluding hydrogens is 322 g/mol. The number of rotatable bonds is 6. The van der Waals surface area contributed by atoms with Crippen LogP contribution in [0.1, 0.15) is 31.4 Å². The van der Waals surface area contributed by atoms with Crippen LogP contribution in [0, 0.1) is 6.92 Å². The Morgan fingerprint density at radius 3 is 2.60 bits per heavy atom. The number of benzene rings is 1. The summed E-state index contributed by atoms with van der Waals surface area (Å²) in [5.41, 5.74) is 2.77. The molecule has 2 aromatic rings. The van der Waals surface area contributed by atoms with E-state index in [1.165, 1.54) is 0 Å². The van der Waals surface area contributed by atoms with Crippen molar-refractivity contribution in [2.45, 2.75) is 27.1 Å². The van der Waals surface area contributed by atoms with Gasteiger partial charge in [0.2, 0.25) is 6.29 Å². The molecule has 0 N–H and O–H groups in total. The lowest BCUT2D eigenvalue weighted by Crippen LogP contribution is -2.09. The van der Waals surface area contributed by atoms with Gasteiger partial charge >= 0.3 is 0 Å². The molecule has 1 aromatic carbocycles. The number of ether oxygens (including phenoxy) is 2. The lowest BCUT2D eigenvalue weighted by molar-refractivity contribution is -0.142. The highest BCUT2D eigenvalue weighted by Crippen LogP contribution is 2.23. The topological polar surface area (TPSA) is 49.2 Å². The van der Waals surface area contributed by atoms with E-state index in [0.29, 0.717) is 18.9 Å². The molecule has 5 nitrogen and oxygen atoms in total. The number of nitrogens with zero attached hydrogens (tertiary/aromatic N) is 3. The third kappa shape index (κ3) is 3.45. The van der Waals surface area contributed by atoms with Crippen LogP contribution in [0.5, 0.6) is 0 Å². The van der Waals surface area contributed by atoms with Crippen molar-refractivity contribution in [2.24, 2.45) is 0 Å². The summed E-state index contributed by atoms with van der Waals surface area (Å²) in [6, 6.07) is 6.07. The number of aryl methyl sites for hydroxylation is 1. The second-order valence-corrected chi connectivity index (χ2v) is 5.14. The highest BCUT2D eigenvalue weighted by atomic mass is 79.9. The summed E-state index contributed by atoms with van der Waals surface area (Å²) in [6.07, 6.45) is 1.36. The number of halogens is 1. The quantitative estimate of drug-likeness (QED) is 0.756. The molecule has 2 rings (SSSR count). The summed E-state index contributed by atoms with van der Waals surface area (Å²) in [6.45, 7) is 7.01. The maximum absolute atomic E-state index is 5.52. The number of hydrogen-bond acceptors (Lipinski definition) is 4. The Kier molecular flexibility index (Phi) is 5.28. The first-order chi connectivity index (χ1) is 9.65. The number of hydrogen-bond donors (Lipinski definition) is 0. The molecule has 0 aliphatic heterocycles. The molecule has 0 aliphatic carbocycles. The molecule has 20 heavy (non-hydrogen) atoms. The molecular formula is C14H18BrN3O2. The first kappa shape index (κ1) is 15.2. The summed E-state index contributed by atoms with van der Waals surface area (Å²) in [7, 11) is 0. The van der Waals surface area contributed by atoms with Gasteiger partial charge in [-0.2, -0.15) is 0 Å². The van der Waals surface area contributed by atoms with E-state index in [2.05, 4.69) is 26.2 Å². The maximum Gasteiger partial charge on any atom is 0.204 e. The van der Waals surface area contributed by atoms with Crippen LogP contribution in [0.3, 0.4) is 0 Å². The van der Waals surface area contributed by atoms with Crippen molar-refractivity contribution in [3.05, 3.63) is 40.1 Å². The van der Waals surface area contributed by atoms with Gasteiger partial charge in [-0.15, -0.1) is 5.10 Å². The van der Waals surface area contributed by atoms with Crippen LogP contribution < -0.4 is 0 Å². The van der Waals surface area contributed by atoms with Crippen molar-refractivity contribution in [1.29, 1.82) is 0 Å². The summed E-state index contributed by atoms with van der Waals surface area (Å²) in [5.74, 6) is 0. The fraction of sp³-hybridized carbons (Fsp3) is 0.429. The standard InChI is InChI=1S/C14H18BrN3O2/c1-4-19-14(20-5-2)12-9-18(17-16-12)13-8-10(3)6-7-11(13)15/h6-9,14H,4-5H2,1-3H3. The second kappa shape index (κ2) is 6.97. The molecule has 0 saturated heterocycles. The van der Waals surface area contributed by atoms with Crippen molar-refractivity contribution < 1.29 is 9.47 Å². The van der Waals surface area contributed by atoms with E-state index >= 15 is 0 Å². The van der Waals surface area contributed by atoms with Crippen LogP contribution in [0.2, 0.25) is 0 Å². The van der Waals surface area contributed by atoms with Crippen molar-refractivity contribution in [3.8, 4) is 5.69 Å². The average Bonchev–Trinajstić information content (AvgIpc) is 2.91. The normalized spacial score (nSPS) is 11.2. The Hall–Kier alpha value is -1.24. The van der Waals surface area contributed by atoms with Gasteiger partial charge in [-0.1, -0.05) is 11.3 Å². The predicted octanol–water partition coefficient (Wildman–Crippen LogP) is 3.41. The van der Waals surface area contributed by atoms with E-state index in [1.807, 2.05) is 45.2 Å². The zero-order chi connectivity index (χ0) is 14.5. The predicted molar refractivity (Wildman–Crippen MR) is 79.8 cm³/mol. The van der Waals surface area contributed by atoms with Crippen LogP contribution in [-0.4, -0.2) is 28.2 Å².